The van der Waals surface area contributed by atoms with Crippen molar-refractivity contribution in [1.29, 1.82) is 0 Å². The number of fused-ring (bicyclic) bond motifs is 1. The molecule has 0 aliphatic carbocycles. The summed E-state index contributed by atoms with van der Waals surface area (Å²) >= 11 is 1.26. The molecule has 1 aliphatic rings. The van der Waals surface area contributed by atoms with Crippen molar-refractivity contribution >= 4 is 28.8 Å². The Morgan fingerprint density at radius 1 is 1.11 bits per heavy atom. The molecule has 7 heteroatoms. The number of amides is 2. The Morgan fingerprint density at radius 2 is 1.96 bits per heavy atom. The fourth-order valence-corrected chi connectivity index (χ4v) is 3.93. The van der Waals surface area contributed by atoms with Gasteiger partial charge in [0.25, 0.3) is 5.91 Å². The number of pyridine rings is 1. The molecule has 27 heavy (non-hydrogen) atoms. The second kappa shape index (κ2) is 7.67. The maximum absolute atomic E-state index is 12.6. The van der Waals surface area contributed by atoms with E-state index in [1.807, 2.05) is 42.5 Å². The van der Waals surface area contributed by atoms with Crippen LogP contribution in [0.1, 0.15) is 21.7 Å². The molecule has 0 radical (unpaired) electrons. The van der Waals surface area contributed by atoms with Gasteiger partial charge in [0.05, 0.1) is 18.4 Å². The Kier molecular flexibility index (Phi) is 4.93. The Bertz CT molecular complexity index is 971. The van der Waals surface area contributed by atoms with Crippen molar-refractivity contribution in [1.82, 2.24) is 15.3 Å². The quantitative estimate of drug-likeness (QED) is 0.757. The summed E-state index contributed by atoms with van der Waals surface area (Å²) < 4.78 is 0. The molecular weight excluding hydrogens is 360 g/mol. The third-order valence-corrected chi connectivity index (χ3v) is 5.44. The number of benzene rings is 1. The van der Waals surface area contributed by atoms with Gasteiger partial charge in [-0.3, -0.25) is 14.6 Å². The van der Waals surface area contributed by atoms with Crippen LogP contribution in [0.15, 0.2) is 54.9 Å². The van der Waals surface area contributed by atoms with E-state index in [0.29, 0.717) is 16.4 Å². The summed E-state index contributed by atoms with van der Waals surface area (Å²) in [4.78, 5) is 35.7. The number of carbonyl (C=O) groups excluding carboxylic acids is 2. The topological polar surface area (TPSA) is 75.2 Å². The molecule has 3 aromatic rings. The number of rotatable bonds is 4. The lowest BCUT2D eigenvalue weighted by atomic mass is 10.0. The van der Waals surface area contributed by atoms with Crippen LogP contribution in [-0.4, -0.2) is 34.9 Å². The average molecular weight is 378 g/mol. The minimum Gasteiger partial charge on any atom is -0.342 e. The van der Waals surface area contributed by atoms with Crippen molar-refractivity contribution in [3.05, 3.63) is 65.3 Å². The molecule has 4 rings (SSSR count). The molecule has 0 saturated heterocycles. The van der Waals surface area contributed by atoms with Gasteiger partial charge in [0.2, 0.25) is 5.91 Å². The summed E-state index contributed by atoms with van der Waals surface area (Å²) in [5, 5.41) is 3.39. The summed E-state index contributed by atoms with van der Waals surface area (Å²) in [5.41, 5.74) is 2.84. The van der Waals surface area contributed by atoms with E-state index >= 15 is 0 Å². The van der Waals surface area contributed by atoms with Crippen molar-refractivity contribution in [2.45, 2.75) is 12.8 Å². The number of nitrogens with one attached hydrogen (secondary N) is 1. The van der Waals surface area contributed by atoms with Gasteiger partial charge in [0.15, 0.2) is 0 Å². The number of hydrogen-bond donors (Lipinski definition) is 1. The van der Waals surface area contributed by atoms with Crippen LogP contribution in [0.2, 0.25) is 0 Å². The maximum atomic E-state index is 12.6. The minimum absolute atomic E-state index is 0.0377. The molecule has 3 heterocycles. The van der Waals surface area contributed by atoms with Crippen LogP contribution in [0, 0.1) is 0 Å². The van der Waals surface area contributed by atoms with E-state index in [0.717, 1.165) is 24.2 Å². The number of thiazole rings is 1. The smallest absolute Gasteiger partial charge is 0.263 e. The van der Waals surface area contributed by atoms with Crippen LogP contribution in [0.3, 0.4) is 0 Å². The number of aromatic nitrogens is 2. The van der Waals surface area contributed by atoms with E-state index in [1.165, 1.54) is 23.1 Å². The largest absolute Gasteiger partial charge is 0.342 e. The first-order chi connectivity index (χ1) is 13.2. The Hall–Kier alpha value is -3.06. The number of aryl methyl sites for hydroxylation is 1. The highest BCUT2D eigenvalue weighted by Crippen LogP contribution is 2.26. The first-order valence-corrected chi connectivity index (χ1v) is 9.58. The molecule has 0 bridgehead atoms. The summed E-state index contributed by atoms with van der Waals surface area (Å²) in [5.74, 6) is -0.404. The first-order valence-electron chi connectivity index (χ1n) is 8.76. The molecule has 136 valence electrons. The predicted molar refractivity (Wildman–Crippen MR) is 105 cm³/mol. The third-order valence-electron chi connectivity index (χ3n) is 4.42. The summed E-state index contributed by atoms with van der Waals surface area (Å²) in [6.45, 7) is 0.639. The highest BCUT2D eigenvalue weighted by atomic mass is 32.1. The predicted octanol–water partition coefficient (Wildman–Crippen LogP) is 2.91. The van der Waals surface area contributed by atoms with E-state index in [2.05, 4.69) is 15.3 Å². The fraction of sp³-hybridized carbons (Fsp3) is 0.200. The standard InChI is InChI=1S/C20H18N4O2S/c25-18(24-11-5-7-14-6-1-2-9-16(14)24)13-22-19(26)17-12-23-20(27-17)15-8-3-4-10-21-15/h1-4,6,8-10,12H,5,7,11,13H2,(H,22,26). The highest BCUT2D eigenvalue weighted by Gasteiger charge is 2.22. The molecule has 0 fully saturated rings. The van der Waals surface area contributed by atoms with Crippen molar-refractivity contribution < 1.29 is 9.59 Å². The third kappa shape index (κ3) is 3.73. The number of anilines is 1. The van der Waals surface area contributed by atoms with Gasteiger partial charge in [-0.1, -0.05) is 24.3 Å². The van der Waals surface area contributed by atoms with Crippen LogP contribution in [0.4, 0.5) is 5.69 Å². The maximum Gasteiger partial charge on any atom is 0.263 e. The Balaban J connectivity index is 1.40. The van der Waals surface area contributed by atoms with E-state index in [-0.39, 0.29) is 18.4 Å². The first kappa shape index (κ1) is 17.4. The van der Waals surface area contributed by atoms with Crippen LogP contribution in [-0.2, 0) is 11.2 Å². The van der Waals surface area contributed by atoms with Gasteiger partial charge >= 0.3 is 0 Å². The second-order valence-corrected chi connectivity index (χ2v) is 7.24. The SMILES string of the molecule is O=C(NCC(=O)N1CCCc2ccccc21)c1cnc(-c2ccccn2)s1. The molecule has 6 nitrogen and oxygen atoms in total. The fourth-order valence-electron chi connectivity index (χ4n) is 3.12. The molecule has 2 amide bonds. The zero-order valence-corrected chi connectivity index (χ0v) is 15.4. The molecule has 1 aliphatic heterocycles. The van der Waals surface area contributed by atoms with Crippen molar-refractivity contribution in [3.8, 4) is 10.7 Å². The van der Waals surface area contributed by atoms with Gasteiger partial charge in [-0.15, -0.1) is 11.3 Å². The lowest BCUT2D eigenvalue weighted by Gasteiger charge is -2.29. The molecule has 0 saturated carbocycles. The van der Waals surface area contributed by atoms with Crippen molar-refractivity contribution in [2.24, 2.45) is 0 Å². The lowest BCUT2D eigenvalue weighted by molar-refractivity contribution is -0.117. The summed E-state index contributed by atoms with van der Waals surface area (Å²) in [6, 6.07) is 13.5. The van der Waals surface area contributed by atoms with E-state index in [4.69, 9.17) is 0 Å². The average Bonchev–Trinajstić information content (AvgIpc) is 3.22. The number of hydrogen-bond acceptors (Lipinski definition) is 5. The van der Waals surface area contributed by atoms with E-state index in [9.17, 15) is 9.59 Å². The summed E-state index contributed by atoms with van der Waals surface area (Å²) in [6.07, 6.45) is 5.11. The highest BCUT2D eigenvalue weighted by molar-refractivity contribution is 7.16. The lowest BCUT2D eigenvalue weighted by Crippen LogP contribution is -2.42. The van der Waals surface area contributed by atoms with Crippen LogP contribution >= 0.6 is 11.3 Å². The van der Waals surface area contributed by atoms with Crippen LogP contribution in [0.5, 0.6) is 0 Å². The van der Waals surface area contributed by atoms with Gasteiger partial charge in [-0.2, -0.15) is 0 Å². The molecule has 0 atom stereocenters. The molecular formula is C20H18N4O2S. The van der Waals surface area contributed by atoms with Crippen LogP contribution in [0.25, 0.3) is 10.7 Å². The molecule has 0 spiro atoms. The Labute approximate surface area is 160 Å². The molecule has 1 aromatic carbocycles. The van der Waals surface area contributed by atoms with E-state index < -0.39 is 0 Å². The summed E-state index contributed by atoms with van der Waals surface area (Å²) in [7, 11) is 0. The molecule has 1 N–H and O–H groups in total. The monoisotopic (exact) mass is 378 g/mol. The molecule has 0 unspecified atom stereocenters. The zero-order chi connectivity index (χ0) is 18.6. The van der Waals surface area contributed by atoms with Gasteiger partial charge < -0.3 is 10.2 Å². The molecule has 2 aromatic heterocycles. The normalized spacial score (nSPS) is 13.1. The second-order valence-electron chi connectivity index (χ2n) is 6.20. The van der Waals surface area contributed by atoms with Crippen molar-refractivity contribution in [3.63, 3.8) is 0 Å². The van der Waals surface area contributed by atoms with Crippen molar-refractivity contribution in [2.75, 3.05) is 18.0 Å². The minimum atomic E-state index is -0.298. The number of nitrogens with zero attached hydrogens (tertiary/aromatic N) is 3. The van der Waals surface area contributed by atoms with E-state index in [1.54, 1.807) is 11.1 Å². The number of carbonyl (C=O) groups is 2. The van der Waals surface area contributed by atoms with Gasteiger partial charge in [0.1, 0.15) is 9.88 Å². The van der Waals surface area contributed by atoms with Gasteiger partial charge in [0, 0.05) is 18.4 Å². The van der Waals surface area contributed by atoms with Gasteiger partial charge in [-0.25, -0.2) is 4.98 Å². The van der Waals surface area contributed by atoms with Gasteiger partial charge in [-0.05, 0) is 36.6 Å². The van der Waals surface area contributed by atoms with Crippen LogP contribution < -0.4 is 10.2 Å². The number of para-hydroxylation sites is 1. The Morgan fingerprint density at radius 3 is 2.81 bits per heavy atom. The zero-order valence-electron chi connectivity index (χ0n) is 14.6.